The number of amides is 1. The molecule has 28 heavy (non-hydrogen) atoms. The van der Waals surface area contributed by atoms with Crippen molar-refractivity contribution in [3.63, 3.8) is 0 Å². The number of carbonyl (C=O) groups excluding carboxylic acids is 1. The van der Waals surface area contributed by atoms with E-state index in [4.69, 9.17) is 0 Å². The van der Waals surface area contributed by atoms with Crippen LogP contribution in [0.4, 0.5) is 13.2 Å². The maximum atomic E-state index is 13.5. The van der Waals surface area contributed by atoms with Crippen LogP contribution in [0.5, 0.6) is 0 Å². The van der Waals surface area contributed by atoms with Crippen molar-refractivity contribution in [1.82, 2.24) is 20.1 Å². The molecule has 0 spiro atoms. The molecule has 2 N–H and O–H groups in total. The molecule has 1 aromatic carbocycles. The Morgan fingerprint density at radius 3 is 2.43 bits per heavy atom. The maximum Gasteiger partial charge on any atom is 0.405 e. The van der Waals surface area contributed by atoms with E-state index in [-0.39, 0.29) is 0 Å². The van der Waals surface area contributed by atoms with Gasteiger partial charge in [0.05, 0.1) is 5.56 Å². The van der Waals surface area contributed by atoms with E-state index in [1.807, 2.05) is 41.8 Å². The topological polar surface area (TPSA) is 49.3 Å². The molecule has 2 aromatic rings. The van der Waals surface area contributed by atoms with Gasteiger partial charge in [-0.25, -0.2) is 0 Å². The minimum absolute atomic E-state index is 0.308. The lowest BCUT2D eigenvalue weighted by Crippen LogP contribution is -2.57. The molecule has 8 heteroatoms. The summed E-state index contributed by atoms with van der Waals surface area (Å²) in [5.41, 5.74) is 2.85. The number of aromatic nitrogens is 1. The standard InChI is InChI=1S/C20H25F3N4O/c1-14-12-17(15(2)27(14)16-6-4-3-5-7-16)19(28)25-13-18(20(21,22)23)26-10-8-24-9-11-26/h3-7,12,18,24H,8-11,13H2,1-2H3,(H,25,28). The zero-order chi connectivity index (χ0) is 20.3. The summed E-state index contributed by atoms with van der Waals surface area (Å²) in [6, 6.07) is 9.57. The van der Waals surface area contributed by atoms with Crippen LogP contribution in [0, 0.1) is 13.8 Å². The van der Waals surface area contributed by atoms with Crippen molar-refractivity contribution in [2.45, 2.75) is 26.1 Å². The highest BCUT2D eigenvalue weighted by atomic mass is 19.4. The van der Waals surface area contributed by atoms with Gasteiger partial charge in [-0.3, -0.25) is 9.69 Å². The maximum absolute atomic E-state index is 13.5. The van der Waals surface area contributed by atoms with Crippen LogP contribution in [-0.4, -0.2) is 60.3 Å². The van der Waals surface area contributed by atoms with Crippen LogP contribution in [0.15, 0.2) is 36.4 Å². The number of hydrogen-bond acceptors (Lipinski definition) is 3. The van der Waals surface area contributed by atoms with Gasteiger partial charge in [-0.15, -0.1) is 0 Å². The number of rotatable bonds is 5. The Balaban J connectivity index is 1.75. The second kappa shape index (κ2) is 8.36. The summed E-state index contributed by atoms with van der Waals surface area (Å²) in [5.74, 6) is -0.486. The lowest BCUT2D eigenvalue weighted by Gasteiger charge is -2.35. The Morgan fingerprint density at radius 1 is 1.18 bits per heavy atom. The Kier molecular flexibility index (Phi) is 6.10. The van der Waals surface area contributed by atoms with Gasteiger partial charge in [-0.1, -0.05) is 18.2 Å². The zero-order valence-electron chi connectivity index (χ0n) is 16.0. The Morgan fingerprint density at radius 2 is 1.82 bits per heavy atom. The van der Waals surface area contributed by atoms with Gasteiger partial charge in [0, 0.05) is 49.8 Å². The van der Waals surface area contributed by atoms with E-state index >= 15 is 0 Å². The number of carbonyl (C=O) groups is 1. The summed E-state index contributed by atoms with van der Waals surface area (Å²) in [6.45, 7) is 4.85. The second-order valence-electron chi connectivity index (χ2n) is 7.01. The number of alkyl halides is 3. The first-order chi connectivity index (χ1) is 13.3. The third-order valence-electron chi connectivity index (χ3n) is 5.12. The number of para-hydroxylation sites is 1. The zero-order valence-corrected chi connectivity index (χ0v) is 16.0. The molecule has 152 valence electrons. The van der Waals surface area contributed by atoms with Gasteiger partial charge in [0.15, 0.2) is 0 Å². The molecular weight excluding hydrogens is 369 g/mol. The van der Waals surface area contributed by atoms with Crippen LogP contribution in [0.3, 0.4) is 0 Å². The smallest absolute Gasteiger partial charge is 0.350 e. The van der Waals surface area contributed by atoms with Gasteiger partial charge >= 0.3 is 6.18 Å². The average Bonchev–Trinajstić information content (AvgIpc) is 2.96. The van der Waals surface area contributed by atoms with Crippen molar-refractivity contribution in [1.29, 1.82) is 0 Å². The van der Waals surface area contributed by atoms with E-state index in [0.717, 1.165) is 11.4 Å². The molecule has 1 aliphatic rings. The quantitative estimate of drug-likeness (QED) is 0.820. The summed E-state index contributed by atoms with van der Waals surface area (Å²) in [5, 5.41) is 5.55. The third kappa shape index (κ3) is 4.39. The molecule has 1 aliphatic heterocycles. The van der Waals surface area contributed by atoms with Crippen molar-refractivity contribution in [2.75, 3.05) is 32.7 Å². The van der Waals surface area contributed by atoms with Crippen molar-refractivity contribution in [3.8, 4) is 5.69 Å². The monoisotopic (exact) mass is 394 g/mol. The van der Waals surface area contributed by atoms with E-state index in [0.29, 0.717) is 37.4 Å². The van der Waals surface area contributed by atoms with E-state index < -0.39 is 24.7 Å². The van der Waals surface area contributed by atoms with E-state index in [1.165, 1.54) is 4.90 Å². The summed E-state index contributed by atoms with van der Waals surface area (Å²) >= 11 is 0. The van der Waals surface area contributed by atoms with Gasteiger partial charge in [0.25, 0.3) is 5.91 Å². The number of halogens is 3. The van der Waals surface area contributed by atoms with Gasteiger partial charge in [-0.2, -0.15) is 13.2 Å². The Hall–Kier alpha value is -2.32. The molecule has 5 nitrogen and oxygen atoms in total. The fraction of sp³-hybridized carbons (Fsp3) is 0.450. The molecule has 1 saturated heterocycles. The Labute approximate surface area is 162 Å². The minimum atomic E-state index is -4.40. The van der Waals surface area contributed by atoms with Crippen LogP contribution >= 0.6 is 0 Å². The van der Waals surface area contributed by atoms with Crippen LogP contribution in [0.1, 0.15) is 21.7 Å². The molecule has 1 atom stereocenters. The second-order valence-corrected chi connectivity index (χ2v) is 7.01. The van der Waals surface area contributed by atoms with E-state index in [9.17, 15) is 18.0 Å². The van der Waals surface area contributed by atoms with Gasteiger partial charge in [0.1, 0.15) is 6.04 Å². The number of aryl methyl sites for hydroxylation is 1. The molecule has 0 bridgehead atoms. The number of hydrogen-bond donors (Lipinski definition) is 2. The van der Waals surface area contributed by atoms with Crippen LogP contribution in [0.25, 0.3) is 5.69 Å². The van der Waals surface area contributed by atoms with Crippen LogP contribution in [-0.2, 0) is 0 Å². The number of benzene rings is 1. The third-order valence-corrected chi connectivity index (χ3v) is 5.12. The van der Waals surface area contributed by atoms with Crippen molar-refractivity contribution < 1.29 is 18.0 Å². The molecule has 1 amide bonds. The first-order valence-corrected chi connectivity index (χ1v) is 9.33. The lowest BCUT2D eigenvalue weighted by molar-refractivity contribution is -0.183. The predicted molar refractivity (Wildman–Crippen MR) is 102 cm³/mol. The fourth-order valence-corrected chi connectivity index (χ4v) is 3.70. The lowest BCUT2D eigenvalue weighted by atomic mass is 10.2. The van der Waals surface area contributed by atoms with Crippen molar-refractivity contribution in [3.05, 3.63) is 53.3 Å². The number of nitrogens with zero attached hydrogens (tertiary/aromatic N) is 2. The molecule has 1 fully saturated rings. The SMILES string of the molecule is Cc1cc(C(=O)NCC(N2CCNCC2)C(F)(F)F)c(C)n1-c1ccccc1. The largest absolute Gasteiger partial charge is 0.405 e. The molecule has 0 saturated carbocycles. The summed E-state index contributed by atoms with van der Waals surface area (Å²) in [7, 11) is 0. The van der Waals surface area contributed by atoms with Gasteiger partial charge in [0.2, 0.25) is 0 Å². The minimum Gasteiger partial charge on any atom is -0.350 e. The summed E-state index contributed by atoms with van der Waals surface area (Å²) < 4.78 is 42.4. The summed E-state index contributed by atoms with van der Waals surface area (Å²) in [6.07, 6.45) is -4.40. The van der Waals surface area contributed by atoms with E-state index in [1.54, 1.807) is 13.0 Å². The van der Waals surface area contributed by atoms with Crippen LogP contribution < -0.4 is 10.6 Å². The number of nitrogens with one attached hydrogen (secondary N) is 2. The van der Waals surface area contributed by atoms with Gasteiger partial charge in [-0.05, 0) is 32.0 Å². The van der Waals surface area contributed by atoms with Gasteiger partial charge < -0.3 is 15.2 Å². The molecule has 1 aromatic heterocycles. The molecule has 2 heterocycles. The highest BCUT2D eigenvalue weighted by Gasteiger charge is 2.43. The normalized spacial score (nSPS) is 16.8. The molecule has 0 radical (unpaired) electrons. The fourth-order valence-electron chi connectivity index (χ4n) is 3.70. The summed E-state index contributed by atoms with van der Waals surface area (Å²) in [4.78, 5) is 14.0. The molecule has 0 aliphatic carbocycles. The van der Waals surface area contributed by atoms with Crippen LogP contribution in [0.2, 0.25) is 0 Å². The van der Waals surface area contributed by atoms with Crippen molar-refractivity contribution in [2.24, 2.45) is 0 Å². The molecule has 1 unspecified atom stereocenters. The Bertz CT molecular complexity index is 811. The highest BCUT2D eigenvalue weighted by molar-refractivity contribution is 5.96. The predicted octanol–water partition coefficient (Wildman–Crippen LogP) is 2.66. The average molecular weight is 394 g/mol. The van der Waals surface area contributed by atoms with Crippen molar-refractivity contribution >= 4 is 5.91 Å². The molecular formula is C20H25F3N4O. The van der Waals surface area contributed by atoms with E-state index in [2.05, 4.69) is 10.6 Å². The first kappa shape index (κ1) is 20.4. The molecule has 3 rings (SSSR count). The highest BCUT2D eigenvalue weighted by Crippen LogP contribution is 2.25. The first-order valence-electron chi connectivity index (χ1n) is 9.33. The number of piperazine rings is 1.